The minimum atomic E-state index is 0. The number of aliphatic imine (C=N–C) groups is 1. The van der Waals surface area contributed by atoms with Crippen LogP contribution in [0, 0.1) is 5.41 Å². The van der Waals surface area contributed by atoms with Crippen LogP contribution in [0.25, 0.3) is 0 Å². The van der Waals surface area contributed by atoms with Gasteiger partial charge in [0.05, 0.1) is 20.8 Å². The summed E-state index contributed by atoms with van der Waals surface area (Å²) in [7, 11) is 4.98. The van der Waals surface area contributed by atoms with Crippen molar-refractivity contribution >= 4 is 29.9 Å². The Kier molecular flexibility index (Phi) is 8.61. The fourth-order valence-electron chi connectivity index (χ4n) is 2.50. The Morgan fingerprint density at radius 3 is 2.50 bits per heavy atom. The number of rotatable bonds is 9. The van der Waals surface area contributed by atoms with E-state index in [4.69, 9.17) is 19.9 Å². The number of halogens is 1. The average Bonchev–Trinajstić information content (AvgIpc) is 3.36. The van der Waals surface area contributed by atoms with Gasteiger partial charge in [0.1, 0.15) is 0 Å². The summed E-state index contributed by atoms with van der Waals surface area (Å²) in [6.07, 6.45) is 3.53. The molecule has 0 saturated heterocycles. The number of nitrogens with one attached hydrogen (secondary N) is 1. The molecule has 0 atom stereocenters. The maximum atomic E-state index is 5.96. The molecule has 6 nitrogen and oxygen atoms in total. The van der Waals surface area contributed by atoms with E-state index in [1.54, 1.807) is 21.3 Å². The average molecular weight is 449 g/mol. The molecule has 1 saturated carbocycles. The van der Waals surface area contributed by atoms with Crippen molar-refractivity contribution < 1.29 is 14.2 Å². The first-order valence-corrected chi connectivity index (χ1v) is 7.86. The van der Waals surface area contributed by atoms with Crippen LogP contribution < -0.4 is 20.5 Å². The van der Waals surface area contributed by atoms with Crippen LogP contribution in [0.3, 0.4) is 0 Å². The molecule has 1 aliphatic carbocycles. The second kappa shape index (κ2) is 9.93. The largest absolute Gasteiger partial charge is 0.493 e. The van der Waals surface area contributed by atoms with Crippen molar-refractivity contribution in [1.29, 1.82) is 0 Å². The topological polar surface area (TPSA) is 78.1 Å². The summed E-state index contributed by atoms with van der Waals surface area (Å²) in [4.78, 5) is 4.39. The number of hydrogen-bond acceptors (Lipinski definition) is 4. The van der Waals surface area contributed by atoms with Gasteiger partial charge in [-0.05, 0) is 42.4 Å². The van der Waals surface area contributed by atoms with Gasteiger partial charge in [0.25, 0.3) is 0 Å². The molecule has 0 unspecified atom stereocenters. The van der Waals surface area contributed by atoms with Crippen molar-refractivity contribution in [1.82, 2.24) is 5.32 Å². The van der Waals surface area contributed by atoms with Gasteiger partial charge in [-0.1, -0.05) is 6.07 Å². The van der Waals surface area contributed by atoms with E-state index in [9.17, 15) is 0 Å². The highest BCUT2D eigenvalue weighted by atomic mass is 127. The second-order valence-electron chi connectivity index (χ2n) is 5.99. The molecule has 0 amide bonds. The molecule has 136 valence electrons. The van der Waals surface area contributed by atoms with E-state index in [0.717, 1.165) is 25.1 Å². The zero-order valence-electron chi connectivity index (χ0n) is 14.6. The third-order valence-electron chi connectivity index (χ3n) is 4.32. The van der Waals surface area contributed by atoms with Crippen molar-refractivity contribution in [3.63, 3.8) is 0 Å². The Hall–Kier alpha value is -1.22. The zero-order valence-corrected chi connectivity index (χ0v) is 17.0. The van der Waals surface area contributed by atoms with Crippen LogP contribution in [-0.2, 0) is 11.3 Å². The fourth-order valence-corrected chi connectivity index (χ4v) is 2.50. The lowest BCUT2D eigenvalue weighted by Gasteiger charge is -2.15. The van der Waals surface area contributed by atoms with Crippen LogP contribution in [0.5, 0.6) is 11.5 Å². The fraction of sp³-hybridized carbons (Fsp3) is 0.588. The number of nitrogens with two attached hydrogens (primary N) is 1. The first kappa shape index (κ1) is 20.8. The van der Waals surface area contributed by atoms with Gasteiger partial charge < -0.3 is 25.3 Å². The molecule has 1 fully saturated rings. The van der Waals surface area contributed by atoms with Crippen molar-refractivity contribution in [2.24, 2.45) is 16.1 Å². The van der Waals surface area contributed by atoms with Crippen molar-refractivity contribution in [3.05, 3.63) is 23.8 Å². The molecule has 0 aliphatic heterocycles. The number of methoxy groups -OCH3 is 3. The Labute approximate surface area is 161 Å². The van der Waals surface area contributed by atoms with Crippen LogP contribution in [0.1, 0.15) is 24.8 Å². The van der Waals surface area contributed by atoms with Crippen molar-refractivity contribution in [3.8, 4) is 11.5 Å². The first-order valence-electron chi connectivity index (χ1n) is 7.86. The number of benzene rings is 1. The molecule has 3 N–H and O–H groups in total. The van der Waals surface area contributed by atoms with Gasteiger partial charge in [-0.15, -0.1) is 24.0 Å². The van der Waals surface area contributed by atoms with Gasteiger partial charge in [0.15, 0.2) is 17.5 Å². The highest BCUT2D eigenvalue weighted by Gasteiger charge is 2.41. The predicted octanol–water partition coefficient (Wildman–Crippen LogP) is 2.54. The van der Waals surface area contributed by atoms with E-state index < -0.39 is 0 Å². The molecule has 24 heavy (non-hydrogen) atoms. The lowest BCUT2D eigenvalue weighted by Crippen LogP contribution is -2.36. The summed E-state index contributed by atoms with van der Waals surface area (Å²) in [5.74, 6) is 1.88. The predicted molar refractivity (Wildman–Crippen MR) is 106 cm³/mol. The number of guanidine groups is 1. The third kappa shape index (κ3) is 6.01. The van der Waals surface area contributed by atoms with Gasteiger partial charge in [-0.2, -0.15) is 0 Å². The van der Waals surface area contributed by atoms with E-state index in [1.807, 2.05) is 18.2 Å². The summed E-state index contributed by atoms with van der Waals surface area (Å²) in [5.41, 5.74) is 7.33. The maximum absolute atomic E-state index is 5.96. The third-order valence-corrected chi connectivity index (χ3v) is 4.32. The van der Waals surface area contributed by atoms with Gasteiger partial charge in [-0.25, -0.2) is 4.99 Å². The summed E-state index contributed by atoms with van der Waals surface area (Å²) in [5, 5.41) is 3.23. The van der Waals surface area contributed by atoms with Crippen LogP contribution >= 0.6 is 24.0 Å². The van der Waals surface area contributed by atoms with E-state index in [-0.39, 0.29) is 24.0 Å². The zero-order chi connectivity index (χ0) is 16.7. The molecule has 1 aromatic carbocycles. The molecule has 1 aromatic rings. The molecular formula is C17H28IN3O3. The molecule has 0 aromatic heterocycles. The highest BCUT2D eigenvalue weighted by molar-refractivity contribution is 14.0. The SMILES string of the molecule is COCCC1(CNC(N)=NCc2ccc(OC)c(OC)c2)CC1.I. The van der Waals surface area contributed by atoms with Gasteiger partial charge in [-0.3, -0.25) is 0 Å². The minimum absolute atomic E-state index is 0. The van der Waals surface area contributed by atoms with E-state index in [1.165, 1.54) is 12.8 Å². The standard InChI is InChI=1S/C17H27N3O3.HI/c1-21-9-8-17(6-7-17)12-20-16(18)19-11-13-4-5-14(22-2)15(10-13)23-3;/h4-5,10H,6-9,11-12H2,1-3H3,(H3,18,19,20);1H. The smallest absolute Gasteiger partial charge is 0.188 e. The van der Waals surface area contributed by atoms with Crippen LogP contribution in [0.4, 0.5) is 0 Å². The summed E-state index contributed by atoms with van der Waals surface area (Å²) < 4.78 is 15.7. The molecule has 7 heteroatoms. The quantitative estimate of drug-likeness (QED) is 0.344. The molecule has 0 bridgehead atoms. The van der Waals surface area contributed by atoms with Gasteiger partial charge >= 0.3 is 0 Å². The molecule has 0 spiro atoms. The van der Waals surface area contributed by atoms with Crippen LogP contribution in [-0.4, -0.2) is 40.4 Å². The Bertz CT molecular complexity index is 548. The molecular weight excluding hydrogens is 421 g/mol. The summed E-state index contributed by atoms with van der Waals surface area (Å²) >= 11 is 0. The van der Waals surface area contributed by atoms with Gasteiger partial charge in [0.2, 0.25) is 0 Å². The highest BCUT2D eigenvalue weighted by Crippen LogP contribution is 2.48. The second-order valence-corrected chi connectivity index (χ2v) is 5.99. The van der Waals surface area contributed by atoms with E-state index in [0.29, 0.717) is 29.4 Å². The minimum Gasteiger partial charge on any atom is -0.493 e. The molecule has 0 heterocycles. The van der Waals surface area contributed by atoms with Crippen LogP contribution in [0.15, 0.2) is 23.2 Å². The Morgan fingerprint density at radius 1 is 1.21 bits per heavy atom. The lowest BCUT2D eigenvalue weighted by atomic mass is 10.0. The Morgan fingerprint density at radius 2 is 1.92 bits per heavy atom. The Balaban J connectivity index is 0.00000288. The summed E-state index contributed by atoms with van der Waals surface area (Å²) in [6, 6.07) is 5.74. The first-order chi connectivity index (χ1) is 11.1. The number of hydrogen-bond donors (Lipinski definition) is 2. The van der Waals surface area contributed by atoms with Crippen molar-refractivity contribution in [2.45, 2.75) is 25.8 Å². The van der Waals surface area contributed by atoms with Crippen molar-refractivity contribution in [2.75, 3.05) is 34.5 Å². The molecule has 2 rings (SSSR count). The monoisotopic (exact) mass is 449 g/mol. The maximum Gasteiger partial charge on any atom is 0.188 e. The summed E-state index contributed by atoms with van der Waals surface area (Å²) in [6.45, 7) is 2.16. The van der Waals surface area contributed by atoms with E-state index in [2.05, 4.69) is 10.3 Å². The van der Waals surface area contributed by atoms with E-state index >= 15 is 0 Å². The number of ether oxygens (including phenoxy) is 3. The molecule has 0 radical (unpaired) electrons. The van der Waals surface area contributed by atoms with Gasteiger partial charge in [0, 0.05) is 20.3 Å². The van der Waals surface area contributed by atoms with Crippen LogP contribution in [0.2, 0.25) is 0 Å². The lowest BCUT2D eigenvalue weighted by molar-refractivity contribution is 0.172. The number of nitrogens with zero attached hydrogens (tertiary/aromatic N) is 1. The normalized spacial score (nSPS) is 15.4. The molecule has 1 aliphatic rings.